The predicted octanol–water partition coefficient (Wildman–Crippen LogP) is 6.07. The quantitative estimate of drug-likeness (QED) is 0.376. The first-order chi connectivity index (χ1) is 7.62. The van der Waals surface area contributed by atoms with Crippen LogP contribution in [0, 0.1) is 25.7 Å². The summed E-state index contributed by atoms with van der Waals surface area (Å²) in [7, 11) is 0. The molecule has 0 saturated heterocycles. The Hall–Kier alpha value is 0.623. The van der Waals surface area contributed by atoms with Crippen molar-refractivity contribution >= 4 is 0 Å². The van der Waals surface area contributed by atoms with Gasteiger partial charge in [-0.1, -0.05) is 79.1 Å². The van der Waals surface area contributed by atoms with Crippen LogP contribution in [-0.4, -0.2) is 0 Å². The molecule has 0 saturated carbocycles. The molecule has 0 nitrogen and oxygen atoms in total. The van der Waals surface area contributed by atoms with Crippen LogP contribution in [0.15, 0.2) is 0 Å². The molecular weight excluding hydrogens is 258 g/mol. The SMILES string of the molecule is [CH2-]C(CC)CCCC.[CH2-]C(CC)CCCC.[Zn+2]. The van der Waals surface area contributed by atoms with E-state index in [9.17, 15) is 0 Å². The fourth-order valence-electron chi connectivity index (χ4n) is 1.39. The number of rotatable bonds is 8. The smallest absolute Gasteiger partial charge is 0.340 e. The molecule has 2 atom stereocenters. The fraction of sp³-hybridized carbons (Fsp3) is 0.875. The van der Waals surface area contributed by atoms with Gasteiger partial charge in [-0.2, -0.15) is 11.8 Å². The van der Waals surface area contributed by atoms with E-state index < -0.39 is 0 Å². The van der Waals surface area contributed by atoms with E-state index in [4.69, 9.17) is 0 Å². The second kappa shape index (κ2) is 19.0. The first kappa shape index (κ1) is 22.8. The normalized spacial score (nSPS) is 13.1. The maximum Gasteiger partial charge on any atom is 2.00 e. The molecule has 0 rings (SSSR count). The van der Waals surface area contributed by atoms with Gasteiger partial charge in [-0.25, -0.2) is 0 Å². The molecule has 0 bridgehead atoms. The molecule has 0 aliphatic carbocycles. The van der Waals surface area contributed by atoms with Crippen molar-refractivity contribution in [3.05, 3.63) is 13.8 Å². The molecule has 0 aromatic heterocycles. The van der Waals surface area contributed by atoms with Gasteiger partial charge in [-0.05, 0) is 0 Å². The number of unbranched alkanes of at least 4 members (excludes halogenated alkanes) is 2. The average Bonchev–Trinajstić information content (AvgIpc) is 2.33. The van der Waals surface area contributed by atoms with Crippen molar-refractivity contribution < 1.29 is 19.5 Å². The summed E-state index contributed by atoms with van der Waals surface area (Å²) in [5.41, 5.74) is 0. The monoisotopic (exact) mass is 290 g/mol. The standard InChI is InChI=1S/2C8H17.Zn/c2*1-4-6-7-8(3)5-2;/h2*8H,3-7H2,1-2H3;/q2*-1;+2. The first-order valence-corrected chi connectivity index (χ1v) is 7.28. The molecule has 1 heteroatoms. The molecule has 0 aromatic rings. The summed E-state index contributed by atoms with van der Waals surface area (Å²) in [6.45, 7) is 16.8. The van der Waals surface area contributed by atoms with Crippen LogP contribution in [0.25, 0.3) is 0 Å². The van der Waals surface area contributed by atoms with Gasteiger partial charge in [0.2, 0.25) is 0 Å². The van der Waals surface area contributed by atoms with E-state index >= 15 is 0 Å². The molecule has 17 heavy (non-hydrogen) atoms. The van der Waals surface area contributed by atoms with Gasteiger partial charge in [-0.3, -0.25) is 0 Å². The van der Waals surface area contributed by atoms with Crippen molar-refractivity contribution in [2.45, 2.75) is 79.1 Å². The summed E-state index contributed by atoms with van der Waals surface area (Å²) < 4.78 is 0. The van der Waals surface area contributed by atoms with Gasteiger partial charge >= 0.3 is 19.5 Å². The van der Waals surface area contributed by atoms with Crippen LogP contribution in [0.1, 0.15) is 79.1 Å². The van der Waals surface area contributed by atoms with Gasteiger partial charge in [0.25, 0.3) is 0 Å². The van der Waals surface area contributed by atoms with E-state index in [0.29, 0.717) is 11.8 Å². The number of hydrogen-bond acceptors (Lipinski definition) is 0. The molecule has 0 amide bonds. The minimum atomic E-state index is 0. The van der Waals surface area contributed by atoms with Crippen LogP contribution in [0.3, 0.4) is 0 Å². The molecule has 0 aromatic carbocycles. The third kappa shape index (κ3) is 22.3. The van der Waals surface area contributed by atoms with E-state index in [1.807, 2.05) is 0 Å². The second-order valence-corrected chi connectivity index (χ2v) is 4.83. The Balaban J connectivity index is -0.000000218. The van der Waals surface area contributed by atoms with Crippen molar-refractivity contribution in [2.75, 3.05) is 0 Å². The molecule has 0 aliphatic heterocycles. The van der Waals surface area contributed by atoms with Gasteiger partial charge in [-0.15, -0.1) is 0 Å². The molecule has 0 radical (unpaired) electrons. The summed E-state index contributed by atoms with van der Waals surface area (Å²) in [6, 6.07) is 0. The third-order valence-electron chi connectivity index (χ3n) is 3.09. The van der Waals surface area contributed by atoms with Gasteiger partial charge in [0, 0.05) is 0 Å². The van der Waals surface area contributed by atoms with E-state index in [1.165, 1.54) is 51.4 Å². The molecule has 100 valence electrons. The van der Waals surface area contributed by atoms with Crippen molar-refractivity contribution in [3.63, 3.8) is 0 Å². The zero-order chi connectivity index (χ0) is 12.8. The molecule has 0 N–H and O–H groups in total. The van der Waals surface area contributed by atoms with Crippen molar-refractivity contribution in [3.8, 4) is 0 Å². The molecule has 2 unspecified atom stereocenters. The van der Waals surface area contributed by atoms with Gasteiger partial charge in [0.05, 0.1) is 0 Å². The minimum Gasteiger partial charge on any atom is -0.340 e. The van der Waals surface area contributed by atoms with Crippen LogP contribution < -0.4 is 0 Å². The summed E-state index contributed by atoms with van der Waals surface area (Å²) in [5.74, 6) is 1.41. The van der Waals surface area contributed by atoms with Crippen LogP contribution in [0.4, 0.5) is 0 Å². The molecule has 0 spiro atoms. The minimum absolute atomic E-state index is 0. The van der Waals surface area contributed by atoms with Crippen molar-refractivity contribution in [1.82, 2.24) is 0 Å². The van der Waals surface area contributed by atoms with Gasteiger partial charge in [0.1, 0.15) is 0 Å². The van der Waals surface area contributed by atoms with Crippen molar-refractivity contribution in [1.29, 1.82) is 0 Å². The third-order valence-corrected chi connectivity index (χ3v) is 3.09. The molecule has 0 heterocycles. The molecular formula is C16H34Zn. The van der Waals surface area contributed by atoms with Crippen LogP contribution in [0.2, 0.25) is 0 Å². The summed E-state index contributed by atoms with van der Waals surface area (Å²) >= 11 is 0. The Morgan fingerprint density at radius 1 is 0.706 bits per heavy atom. The van der Waals surface area contributed by atoms with E-state index in [1.54, 1.807) is 0 Å². The molecule has 0 fully saturated rings. The Morgan fingerprint density at radius 3 is 1.18 bits per heavy atom. The average molecular weight is 292 g/mol. The maximum absolute atomic E-state index is 3.99. The van der Waals surface area contributed by atoms with E-state index in [0.717, 1.165) is 0 Å². The summed E-state index contributed by atoms with van der Waals surface area (Å²) in [6.07, 6.45) is 10.4. The topological polar surface area (TPSA) is 0 Å². The predicted molar refractivity (Wildman–Crippen MR) is 77.3 cm³/mol. The van der Waals surface area contributed by atoms with Gasteiger partial charge in [0.15, 0.2) is 0 Å². The van der Waals surface area contributed by atoms with E-state index in [-0.39, 0.29) is 19.5 Å². The van der Waals surface area contributed by atoms with Crippen molar-refractivity contribution in [2.24, 2.45) is 11.8 Å². The summed E-state index contributed by atoms with van der Waals surface area (Å²) in [5, 5.41) is 0. The zero-order valence-corrected chi connectivity index (χ0v) is 15.9. The largest absolute Gasteiger partial charge is 2.00 e. The van der Waals surface area contributed by atoms with Crippen LogP contribution >= 0.6 is 0 Å². The Bertz CT molecular complexity index is 98.1. The van der Waals surface area contributed by atoms with Gasteiger partial charge < -0.3 is 13.8 Å². The van der Waals surface area contributed by atoms with E-state index in [2.05, 4.69) is 41.5 Å². The zero-order valence-electron chi connectivity index (χ0n) is 12.9. The molecule has 0 aliphatic rings. The fourth-order valence-corrected chi connectivity index (χ4v) is 1.39. The number of hydrogen-bond donors (Lipinski definition) is 0. The summed E-state index contributed by atoms with van der Waals surface area (Å²) in [4.78, 5) is 0. The second-order valence-electron chi connectivity index (χ2n) is 4.83. The van der Waals surface area contributed by atoms with Crippen LogP contribution in [-0.2, 0) is 19.5 Å². The first-order valence-electron chi connectivity index (χ1n) is 7.28. The Morgan fingerprint density at radius 2 is 1.00 bits per heavy atom. The van der Waals surface area contributed by atoms with Crippen LogP contribution in [0.5, 0.6) is 0 Å². The Kier molecular flexibility index (Phi) is 25.4. The Labute approximate surface area is 124 Å². The maximum atomic E-state index is 3.99.